The molecule has 4 rings (SSSR count). The maximum atomic E-state index is 13.4. The first kappa shape index (κ1) is 19.3. The summed E-state index contributed by atoms with van der Waals surface area (Å²) in [5.41, 5.74) is 2.33. The van der Waals surface area contributed by atoms with Crippen LogP contribution in [-0.4, -0.2) is 28.0 Å². The molecule has 2 aromatic rings. The van der Waals surface area contributed by atoms with Gasteiger partial charge in [0.2, 0.25) is 0 Å². The Morgan fingerprint density at radius 1 is 1.21 bits per heavy atom. The number of halogens is 1. The molecule has 1 aromatic carbocycles. The summed E-state index contributed by atoms with van der Waals surface area (Å²) in [5.74, 6) is 0.263. The zero-order chi connectivity index (χ0) is 20.4. The summed E-state index contributed by atoms with van der Waals surface area (Å²) in [6.07, 6.45) is 7.41. The van der Waals surface area contributed by atoms with Gasteiger partial charge in [-0.1, -0.05) is 24.3 Å². The lowest BCUT2D eigenvalue weighted by Crippen LogP contribution is -2.40. The van der Waals surface area contributed by atoms with Crippen LogP contribution in [0.2, 0.25) is 0 Å². The molecule has 1 amide bonds. The average Bonchev–Trinajstić information content (AvgIpc) is 3.01. The molecule has 0 radical (unpaired) electrons. The fourth-order valence-electron chi connectivity index (χ4n) is 4.70. The number of hydrogen-bond donors (Lipinski definition) is 2. The van der Waals surface area contributed by atoms with Gasteiger partial charge in [0.1, 0.15) is 11.6 Å². The van der Waals surface area contributed by atoms with Crippen LogP contribution < -0.4 is 5.32 Å². The number of nitrogens with zero attached hydrogens (tertiary/aromatic N) is 1. The molecule has 1 aromatic heterocycles. The molecule has 2 N–H and O–H groups in total. The predicted molar refractivity (Wildman–Crippen MR) is 108 cm³/mol. The minimum atomic E-state index is -1.01. The molecule has 2 aliphatic rings. The van der Waals surface area contributed by atoms with Crippen molar-refractivity contribution in [1.29, 1.82) is 0 Å². The monoisotopic (exact) mass is 394 g/mol. The standard InChI is InChI=1S/C23H23FN2O3/c24-17-3-1-2-14(10-17)16-5-6-18(25-13-16)8-9-20-21-12-19(26-23(28)29)7-4-15(21)11-22(20)27/h1-3,5-6,8-10,13,15,19-21,26H,4,7,11-12H2,(H,28,29)/b9-8+/t15-,19?,20-,21+/m0/s1. The molecule has 0 spiro atoms. The number of nitrogens with one attached hydrogen (secondary N) is 1. The van der Waals surface area contributed by atoms with E-state index in [1.54, 1.807) is 12.3 Å². The summed E-state index contributed by atoms with van der Waals surface area (Å²) < 4.78 is 13.4. The van der Waals surface area contributed by atoms with Gasteiger partial charge in [-0.2, -0.15) is 0 Å². The van der Waals surface area contributed by atoms with E-state index in [1.165, 1.54) is 12.1 Å². The molecule has 0 aliphatic heterocycles. The van der Waals surface area contributed by atoms with Gasteiger partial charge in [-0.25, -0.2) is 9.18 Å². The molecule has 29 heavy (non-hydrogen) atoms. The Labute approximate surface area is 168 Å². The number of aromatic nitrogens is 1. The van der Waals surface area contributed by atoms with Crippen molar-refractivity contribution >= 4 is 18.0 Å². The second-order valence-electron chi connectivity index (χ2n) is 7.92. The molecule has 4 atom stereocenters. The van der Waals surface area contributed by atoms with Crippen molar-refractivity contribution in [3.8, 4) is 11.1 Å². The van der Waals surface area contributed by atoms with Gasteiger partial charge in [0.05, 0.1) is 5.69 Å². The Morgan fingerprint density at radius 2 is 2.07 bits per heavy atom. The van der Waals surface area contributed by atoms with E-state index in [9.17, 15) is 14.0 Å². The fraction of sp³-hybridized carbons (Fsp3) is 0.348. The number of hydrogen-bond acceptors (Lipinski definition) is 3. The minimum Gasteiger partial charge on any atom is -0.465 e. The van der Waals surface area contributed by atoms with Gasteiger partial charge in [0.15, 0.2) is 0 Å². The molecule has 150 valence electrons. The number of carbonyl (C=O) groups excluding carboxylic acids is 1. The van der Waals surface area contributed by atoms with Crippen molar-refractivity contribution in [2.24, 2.45) is 17.8 Å². The van der Waals surface area contributed by atoms with Gasteiger partial charge >= 0.3 is 6.09 Å². The van der Waals surface area contributed by atoms with Crippen LogP contribution in [0.4, 0.5) is 9.18 Å². The smallest absolute Gasteiger partial charge is 0.404 e. The van der Waals surface area contributed by atoms with Gasteiger partial charge in [-0.05, 0) is 60.9 Å². The molecule has 1 heterocycles. The zero-order valence-electron chi connectivity index (χ0n) is 15.9. The lowest BCUT2D eigenvalue weighted by molar-refractivity contribution is -0.120. The van der Waals surface area contributed by atoms with Crippen LogP contribution in [0.3, 0.4) is 0 Å². The molecule has 0 saturated heterocycles. The number of benzene rings is 1. The molecule has 2 saturated carbocycles. The first-order valence-electron chi connectivity index (χ1n) is 9.92. The first-order chi connectivity index (χ1) is 14.0. The van der Waals surface area contributed by atoms with Crippen molar-refractivity contribution in [3.05, 3.63) is 60.2 Å². The van der Waals surface area contributed by atoms with E-state index in [2.05, 4.69) is 10.3 Å². The first-order valence-corrected chi connectivity index (χ1v) is 9.92. The maximum absolute atomic E-state index is 13.4. The average molecular weight is 394 g/mol. The third-order valence-corrected chi connectivity index (χ3v) is 6.09. The van der Waals surface area contributed by atoms with E-state index < -0.39 is 6.09 Å². The van der Waals surface area contributed by atoms with Crippen LogP contribution in [0.1, 0.15) is 31.4 Å². The lowest BCUT2D eigenvalue weighted by Gasteiger charge is -2.33. The van der Waals surface area contributed by atoms with Crippen molar-refractivity contribution < 1.29 is 19.1 Å². The van der Waals surface area contributed by atoms with Crippen LogP contribution >= 0.6 is 0 Å². The largest absolute Gasteiger partial charge is 0.465 e. The molecule has 2 aliphatic carbocycles. The maximum Gasteiger partial charge on any atom is 0.404 e. The molecular formula is C23H23FN2O3. The fourth-order valence-corrected chi connectivity index (χ4v) is 4.70. The summed E-state index contributed by atoms with van der Waals surface area (Å²) in [4.78, 5) is 27.9. The van der Waals surface area contributed by atoms with Crippen LogP contribution in [0.5, 0.6) is 0 Å². The Kier molecular flexibility index (Phi) is 5.43. The van der Waals surface area contributed by atoms with E-state index in [0.717, 1.165) is 29.7 Å². The van der Waals surface area contributed by atoms with E-state index >= 15 is 0 Å². The van der Waals surface area contributed by atoms with Gasteiger partial charge in [0.25, 0.3) is 0 Å². The highest BCUT2D eigenvalue weighted by molar-refractivity contribution is 5.86. The molecule has 1 unspecified atom stereocenters. The number of ketones is 1. The molecule has 6 heteroatoms. The second kappa shape index (κ2) is 8.15. The molecule has 2 fully saturated rings. The predicted octanol–water partition coefficient (Wildman–Crippen LogP) is 4.54. The Bertz CT molecular complexity index is 941. The minimum absolute atomic E-state index is 0.0840. The van der Waals surface area contributed by atoms with Gasteiger partial charge in [-0.3, -0.25) is 9.78 Å². The van der Waals surface area contributed by atoms with Gasteiger partial charge in [-0.15, -0.1) is 0 Å². The van der Waals surface area contributed by atoms with Crippen molar-refractivity contribution in [1.82, 2.24) is 10.3 Å². The highest BCUT2D eigenvalue weighted by Gasteiger charge is 2.44. The van der Waals surface area contributed by atoms with E-state index in [4.69, 9.17) is 5.11 Å². The Morgan fingerprint density at radius 3 is 2.79 bits per heavy atom. The van der Waals surface area contributed by atoms with E-state index in [1.807, 2.05) is 30.4 Å². The highest BCUT2D eigenvalue weighted by Crippen LogP contribution is 2.44. The summed E-state index contributed by atoms with van der Waals surface area (Å²) >= 11 is 0. The van der Waals surface area contributed by atoms with Crippen molar-refractivity contribution in [3.63, 3.8) is 0 Å². The van der Waals surface area contributed by atoms with E-state index in [-0.39, 0.29) is 29.5 Å². The summed E-state index contributed by atoms with van der Waals surface area (Å²) in [6, 6.07) is 10.0. The van der Waals surface area contributed by atoms with Crippen LogP contribution in [-0.2, 0) is 4.79 Å². The normalized spacial score (nSPS) is 26.4. The summed E-state index contributed by atoms with van der Waals surface area (Å²) in [5, 5.41) is 11.5. The third-order valence-electron chi connectivity index (χ3n) is 6.09. The number of pyridine rings is 1. The van der Waals surface area contributed by atoms with Gasteiger partial charge < -0.3 is 10.4 Å². The van der Waals surface area contributed by atoms with Crippen LogP contribution in [0.25, 0.3) is 17.2 Å². The number of fused-ring (bicyclic) bond motifs is 1. The number of Topliss-reactive ketones (excluding diaryl/α,β-unsaturated/α-hetero) is 1. The number of allylic oxidation sites excluding steroid dienone is 1. The van der Waals surface area contributed by atoms with E-state index in [0.29, 0.717) is 18.8 Å². The zero-order valence-corrected chi connectivity index (χ0v) is 15.9. The summed E-state index contributed by atoms with van der Waals surface area (Å²) in [6.45, 7) is 0. The SMILES string of the molecule is O=C(O)NC1CC[C@H]2CC(=O)[C@@H](/C=C/c3ccc(-c4cccc(F)c4)cn3)[C@@H]2C1. The number of carboxylic acid groups (broad SMARTS) is 1. The molecule has 5 nitrogen and oxygen atoms in total. The highest BCUT2D eigenvalue weighted by atomic mass is 19.1. The number of carbonyl (C=O) groups is 2. The molecular weight excluding hydrogens is 371 g/mol. The van der Waals surface area contributed by atoms with Gasteiger partial charge in [0, 0.05) is 30.1 Å². The lowest BCUT2D eigenvalue weighted by atomic mass is 9.75. The Hall–Kier alpha value is -3.02. The topological polar surface area (TPSA) is 79.3 Å². The number of rotatable bonds is 4. The quantitative estimate of drug-likeness (QED) is 0.798. The van der Waals surface area contributed by atoms with Crippen molar-refractivity contribution in [2.45, 2.75) is 31.7 Å². The molecule has 0 bridgehead atoms. The Balaban J connectivity index is 1.46. The van der Waals surface area contributed by atoms with Crippen LogP contribution in [0, 0.1) is 23.6 Å². The number of amides is 1. The summed E-state index contributed by atoms with van der Waals surface area (Å²) in [7, 11) is 0. The van der Waals surface area contributed by atoms with Crippen LogP contribution in [0.15, 0.2) is 48.7 Å². The van der Waals surface area contributed by atoms with Crippen molar-refractivity contribution in [2.75, 3.05) is 0 Å². The second-order valence-corrected chi connectivity index (χ2v) is 7.92. The third kappa shape index (κ3) is 4.36.